The third-order valence-electron chi connectivity index (χ3n) is 4.32. The van der Waals surface area contributed by atoms with Crippen molar-refractivity contribution in [2.75, 3.05) is 52.4 Å². The van der Waals surface area contributed by atoms with Gasteiger partial charge in [-0.15, -0.1) is 0 Å². The largest absolute Gasteiger partial charge is 4.00 e. The van der Waals surface area contributed by atoms with Crippen LogP contribution in [0.5, 0.6) is 0 Å². The van der Waals surface area contributed by atoms with E-state index in [0.29, 0.717) is 0 Å². The third kappa shape index (κ3) is 25.9. The summed E-state index contributed by atoms with van der Waals surface area (Å²) in [5, 5.41) is 27.4. The molecule has 0 bridgehead atoms. The molecule has 0 amide bonds. The van der Waals surface area contributed by atoms with Gasteiger partial charge >= 0.3 is 21.7 Å². The first-order valence-electron chi connectivity index (χ1n) is 11.1. The van der Waals surface area contributed by atoms with Gasteiger partial charge in [0.05, 0.1) is 0 Å². The minimum Gasteiger partial charge on any atom is -0.427 e. The summed E-state index contributed by atoms with van der Waals surface area (Å²) in [5.74, 6) is -0.352. The van der Waals surface area contributed by atoms with E-state index in [9.17, 15) is 0 Å². The summed E-state index contributed by atoms with van der Waals surface area (Å²) in [5.41, 5.74) is 27.4. The van der Waals surface area contributed by atoms with Gasteiger partial charge in [0.2, 0.25) is 0 Å². The van der Waals surface area contributed by atoms with Crippen LogP contribution in [-0.4, -0.2) is 95.8 Å². The van der Waals surface area contributed by atoms with Gasteiger partial charge in [-0.25, -0.2) is 0 Å². The number of hydrogen-bond donors (Lipinski definition) is 4. The summed E-state index contributed by atoms with van der Waals surface area (Å²) in [6.07, 6.45) is 0. The third-order valence-corrected chi connectivity index (χ3v) is 4.32. The smallest absolute Gasteiger partial charge is 0.427 e. The van der Waals surface area contributed by atoms with Crippen molar-refractivity contribution in [3.8, 4) is 0 Å². The van der Waals surface area contributed by atoms with E-state index in [1.165, 1.54) is 0 Å². The second-order valence-electron chi connectivity index (χ2n) is 6.08. The molecule has 0 spiro atoms. The van der Waals surface area contributed by atoms with Crippen molar-refractivity contribution in [3.63, 3.8) is 0 Å². The molecular formula is C20H48N12Ti. The van der Waals surface area contributed by atoms with Gasteiger partial charge in [-0.1, -0.05) is 55.4 Å². The van der Waals surface area contributed by atoms with Crippen molar-refractivity contribution in [1.29, 1.82) is 21.6 Å². The molecule has 0 aliphatic carbocycles. The molecule has 192 valence electrons. The van der Waals surface area contributed by atoms with E-state index >= 15 is 0 Å². The predicted octanol–water partition coefficient (Wildman–Crippen LogP) is 5.26. The summed E-state index contributed by atoms with van der Waals surface area (Å²) in [7, 11) is 0. The van der Waals surface area contributed by atoms with Crippen molar-refractivity contribution in [2.45, 2.75) is 55.4 Å². The van der Waals surface area contributed by atoms with Gasteiger partial charge in [0, 0.05) is 23.8 Å². The minimum atomic E-state index is -0.0880. The molecular weight excluding hydrogens is 456 g/mol. The molecule has 12 nitrogen and oxygen atoms in total. The zero-order valence-electron chi connectivity index (χ0n) is 21.9. The fraction of sp³-hybridized carbons (Fsp3) is 0.800. The molecule has 0 radical (unpaired) electrons. The van der Waals surface area contributed by atoms with Crippen LogP contribution >= 0.6 is 0 Å². The Hall–Kier alpha value is -2.21. The number of rotatable bonds is 8. The van der Waals surface area contributed by atoms with Crippen molar-refractivity contribution >= 4 is 23.8 Å². The van der Waals surface area contributed by atoms with Gasteiger partial charge in [0.25, 0.3) is 0 Å². The average Bonchev–Trinajstić information content (AvgIpc) is 2.72. The molecule has 0 fully saturated rings. The van der Waals surface area contributed by atoms with Crippen molar-refractivity contribution in [1.82, 2.24) is 19.6 Å². The molecule has 0 aliphatic heterocycles. The van der Waals surface area contributed by atoms with Crippen molar-refractivity contribution in [2.24, 2.45) is 0 Å². The van der Waals surface area contributed by atoms with Crippen LogP contribution in [0.25, 0.3) is 22.9 Å². The number of nitrogens with zero attached hydrogens (tertiary/aromatic N) is 4. The molecule has 0 unspecified atom stereocenters. The van der Waals surface area contributed by atoms with Crippen molar-refractivity contribution in [3.05, 3.63) is 22.9 Å². The Labute approximate surface area is 217 Å². The van der Waals surface area contributed by atoms with E-state index in [-0.39, 0.29) is 45.6 Å². The molecule has 0 heterocycles. The van der Waals surface area contributed by atoms with Crippen LogP contribution in [0, 0.1) is 21.6 Å². The Morgan fingerprint density at radius 2 is 0.485 bits per heavy atom. The van der Waals surface area contributed by atoms with Crippen LogP contribution in [-0.2, 0) is 21.7 Å². The van der Waals surface area contributed by atoms with E-state index in [1.54, 1.807) is 19.6 Å². The molecule has 13 heteroatoms. The molecule has 8 N–H and O–H groups in total. The van der Waals surface area contributed by atoms with E-state index < -0.39 is 0 Å². The first-order valence-corrected chi connectivity index (χ1v) is 11.1. The molecule has 33 heavy (non-hydrogen) atoms. The molecule has 0 saturated carbocycles. The maximum absolute atomic E-state index is 6.84. The fourth-order valence-electron chi connectivity index (χ4n) is 2.16. The molecule has 0 aromatic heterocycles. The monoisotopic (exact) mass is 504 g/mol. The Morgan fingerprint density at radius 1 is 0.394 bits per heavy atom. The average molecular weight is 505 g/mol. The van der Waals surface area contributed by atoms with Gasteiger partial charge in [0.15, 0.2) is 0 Å². The van der Waals surface area contributed by atoms with E-state index in [1.807, 2.05) is 55.4 Å². The normalized spacial score (nSPS) is 8.48. The summed E-state index contributed by atoms with van der Waals surface area (Å²) >= 11 is 0. The summed E-state index contributed by atoms with van der Waals surface area (Å²) in [4.78, 5) is 6.67. The number of nitrogens with one attached hydrogen (secondary N) is 8. The molecule has 0 aliphatic rings. The maximum atomic E-state index is 6.84. The van der Waals surface area contributed by atoms with Gasteiger partial charge in [-0.05, 0) is 52.4 Å². The first kappa shape index (κ1) is 41.1. The van der Waals surface area contributed by atoms with Crippen LogP contribution in [0.15, 0.2) is 0 Å². The minimum absolute atomic E-state index is 0. The molecule has 0 aromatic rings. The Bertz CT molecular complexity index is 397. The SMILES string of the molecule is CCN(CC)C(=N)[NH-].CCN(CC)C(=N)[NH-].CCN(CC)C(=N)[NH-].CCN(CC)C(=N)[NH-].[Ti+4]. The number of hydrogen-bond acceptors (Lipinski definition) is 4. The topological polar surface area (TPSA) is 204 Å². The van der Waals surface area contributed by atoms with E-state index in [2.05, 4.69) is 0 Å². The van der Waals surface area contributed by atoms with Crippen LogP contribution in [0.4, 0.5) is 0 Å². The Kier molecular flexibility index (Phi) is 34.6. The van der Waals surface area contributed by atoms with Crippen LogP contribution in [0.3, 0.4) is 0 Å². The summed E-state index contributed by atoms with van der Waals surface area (Å²) in [6.45, 7) is 21.6. The molecule has 0 aromatic carbocycles. The standard InChI is InChI=1S/4C5H12N3.Ti/c4*1-3-8(4-2)5(6)7;/h4*3-4H2,1-2H3,(H2-,6,7);/q4*-1;+4. The fourth-order valence-corrected chi connectivity index (χ4v) is 2.16. The first-order chi connectivity index (χ1) is 14.9. The maximum Gasteiger partial charge on any atom is 4.00 e. The van der Waals surface area contributed by atoms with Gasteiger partial charge in [0.1, 0.15) is 0 Å². The van der Waals surface area contributed by atoms with Crippen LogP contribution < -0.4 is 0 Å². The van der Waals surface area contributed by atoms with Crippen LogP contribution in [0.2, 0.25) is 0 Å². The van der Waals surface area contributed by atoms with E-state index in [0.717, 1.165) is 52.4 Å². The molecule has 0 atom stereocenters. The summed E-state index contributed by atoms with van der Waals surface area (Å²) < 4.78 is 0. The second kappa shape index (κ2) is 27.8. The van der Waals surface area contributed by atoms with Gasteiger partial charge in [-0.2, -0.15) is 0 Å². The van der Waals surface area contributed by atoms with Gasteiger partial charge < -0.3 is 64.2 Å². The van der Waals surface area contributed by atoms with Crippen molar-refractivity contribution < 1.29 is 21.7 Å². The van der Waals surface area contributed by atoms with Gasteiger partial charge in [-0.3, -0.25) is 0 Å². The molecule has 0 saturated heterocycles. The quantitative estimate of drug-likeness (QED) is 0.198. The van der Waals surface area contributed by atoms with Crippen LogP contribution in [0.1, 0.15) is 55.4 Å². The molecule has 0 rings (SSSR count). The number of guanidine groups is 4. The Morgan fingerprint density at radius 3 is 0.485 bits per heavy atom. The Balaban J connectivity index is -0.000000105. The zero-order valence-corrected chi connectivity index (χ0v) is 23.5. The second-order valence-corrected chi connectivity index (χ2v) is 6.08. The predicted molar refractivity (Wildman–Crippen MR) is 140 cm³/mol. The summed E-state index contributed by atoms with van der Waals surface area (Å²) in [6, 6.07) is 0. The zero-order chi connectivity index (χ0) is 26.3. The van der Waals surface area contributed by atoms with E-state index in [4.69, 9.17) is 44.6 Å².